The van der Waals surface area contributed by atoms with Gasteiger partial charge >= 0.3 is 0 Å². The standard InChI is InChI=1S/C9H10ClN3S/c10-8-1-2-9(12-11-8)13-4-7-3-6(13)5-14-7/h1-2,6-7H,3-5H2. The second kappa shape index (κ2) is 3.28. The zero-order chi connectivity index (χ0) is 9.54. The highest BCUT2D eigenvalue weighted by Crippen LogP contribution is 2.39. The van der Waals surface area contributed by atoms with Crippen LogP contribution in [0.3, 0.4) is 0 Å². The quantitative estimate of drug-likeness (QED) is 0.732. The molecule has 2 aliphatic heterocycles. The van der Waals surface area contributed by atoms with Gasteiger partial charge in [0.1, 0.15) is 0 Å². The normalized spacial score (nSPS) is 29.9. The summed E-state index contributed by atoms with van der Waals surface area (Å²) in [7, 11) is 0. The molecule has 5 heteroatoms. The maximum absolute atomic E-state index is 5.70. The molecule has 0 spiro atoms. The van der Waals surface area contributed by atoms with Crippen LogP contribution in [0.15, 0.2) is 12.1 Å². The molecule has 2 atom stereocenters. The highest BCUT2D eigenvalue weighted by Gasteiger charge is 2.39. The van der Waals surface area contributed by atoms with Gasteiger partial charge < -0.3 is 4.90 Å². The van der Waals surface area contributed by atoms with E-state index in [9.17, 15) is 0 Å². The Morgan fingerprint density at radius 2 is 2.36 bits per heavy atom. The molecule has 2 saturated heterocycles. The van der Waals surface area contributed by atoms with Crippen LogP contribution in [-0.4, -0.2) is 33.8 Å². The van der Waals surface area contributed by atoms with E-state index < -0.39 is 0 Å². The molecular weight excluding hydrogens is 218 g/mol. The van der Waals surface area contributed by atoms with Crippen molar-refractivity contribution in [2.45, 2.75) is 17.7 Å². The largest absolute Gasteiger partial charge is 0.350 e. The van der Waals surface area contributed by atoms with Crippen LogP contribution < -0.4 is 4.90 Å². The summed E-state index contributed by atoms with van der Waals surface area (Å²) in [6, 6.07) is 4.43. The molecule has 14 heavy (non-hydrogen) atoms. The summed E-state index contributed by atoms with van der Waals surface area (Å²) in [5, 5.41) is 9.26. The molecule has 2 bridgehead atoms. The molecule has 2 aliphatic rings. The summed E-state index contributed by atoms with van der Waals surface area (Å²) >= 11 is 7.78. The Balaban J connectivity index is 1.86. The first-order valence-electron chi connectivity index (χ1n) is 4.70. The predicted molar refractivity (Wildman–Crippen MR) is 59.0 cm³/mol. The van der Waals surface area contributed by atoms with Gasteiger partial charge in [0.2, 0.25) is 0 Å². The zero-order valence-electron chi connectivity index (χ0n) is 7.56. The van der Waals surface area contributed by atoms with E-state index in [0.29, 0.717) is 11.2 Å². The van der Waals surface area contributed by atoms with Crippen molar-refractivity contribution in [3.63, 3.8) is 0 Å². The first-order chi connectivity index (χ1) is 6.83. The lowest BCUT2D eigenvalue weighted by atomic mass is 10.2. The summed E-state index contributed by atoms with van der Waals surface area (Å²) in [4.78, 5) is 2.35. The molecule has 0 aromatic carbocycles. The van der Waals surface area contributed by atoms with Gasteiger partial charge in [-0.25, -0.2) is 0 Å². The van der Waals surface area contributed by atoms with E-state index in [-0.39, 0.29) is 0 Å². The monoisotopic (exact) mass is 227 g/mol. The van der Waals surface area contributed by atoms with Gasteiger partial charge in [0.15, 0.2) is 11.0 Å². The highest BCUT2D eigenvalue weighted by atomic mass is 35.5. The molecule has 1 aromatic rings. The number of thioether (sulfide) groups is 1. The second-order valence-electron chi connectivity index (χ2n) is 3.71. The molecule has 0 N–H and O–H groups in total. The van der Waals surface area contributed by atoms with E-state index in [1.54, 1.807) is 0 Å². The molecule has 1 aromatic heterocycles. The molecule has 0 aliphatic carbocycles. The lowest BCUT2D eigenvalue weighted by molar-refractivity contribution is 0.743. The van der Waals surface area contributed by atoms with Gasteiger partial charge in [0.05, 0.1) is 0 Å². The average molecular weight is 228 g/mol. The summed E-state index contributed by atoms with van der Waals surface area (Å²) in [6.45, 7) is 1.12. The first kappa shape index (κ1) is 8.80. The Morgan fingerprint density at radius 1 is 1.43 bits per heavy atom. The zero-order valence-corrected chi connectivity index (χ0v) is 9.13. The number of hydrogen-bond acceptors (Lipinski definition) is 4. The molecule has 3 rings (SSSR count). The summed E-state index contributed by atoms with van der Waals surface area (Å²) in [5.74, 6) is 2.21. The van der Waals surface area contributed by atoms with Crippen molar-refractivity contribution in [3.05, 3.63) is 17.3 Å². The van der Waals surface area contributed by atoms with E-state index in [1.807, 2.05) is 12.1 Å². The van der Waals surface area contributed by atoms with E-state index in [4.69, 9.17) is 11.6 Å². The number of halogens is 1. The van der Waals surface area contributed by atoms with E-state index in [0.717, 1.165) is 17.6 Å². The second-order valence-corrected chi connectivity index (χ2v) is 5.43. The van der Waals surface area contributed by atoms with Gasteiger partial charge in [-0.1, -0.05) is 11.6 Å². The number of hydrogen-bond donors (Lipinski definition) is 0. The fourth-order valence-electron chi connectivity index (χ4n) is 2.14. The molecule has 2 fully saturated rings. The third kappa shape index (κ3) is 1.37. The third-order valence-electron chi connectivity index (χ3n) is 2.81. The van der Waals surface area contributed by atoms with Crippen molar-refractivity contribution in [1.29, 1.82) is 0 Å². The smallest absolute Gasteiger partial charge is 0.151 e. The molecule has 74 valence electrons. The van der Waals surface area contributed by atoms with Gasteiger partial charge in [0, 0.05) is 23.6 Å². The molecule has 0 saturated carbocycles. The summed E-state index contributed by atoms with van der Waals surface area (Å²) < 4.78 is 0. The summed E-state index contributed by atoms with van der Waals surface area (Å²) in [6.07, 6.45) is 1.30. The van der Waals surface area contributed by atoms with Crippen LogP contribution in [0.5, 0.6) is 0 Å². The summed E-state index contributed by atoms with van der Waals surface area (Å²) in [5.41, 5.74) is 0. The minimum absolute atomic E-state index is 0.465. The maximum atomic E-state index is 5.70. The van der Waals surface area contributed by atoms with Gasteiger partial charge in [0.25, 0.3) is 0 Å². The predicted octanol–water partition coefficient (Wildman–Crippen LogP) is 1.82. The Kier molecular flexibility index (Phi) is 2.06. The number of fused-ring (bicyclic) bond motifs is 2. The maximum Gasteiger partial charge on any atom is 0.151 e. The van der Waals surface area contributed by atoms with Gasteiger partial charge in [-0.15, -0.1) is 10.2 Å². The van der Waals surface area contributed by atoms with Gasteiger partial charge in [-0.2, -0.15) is 11.8 Å². The first-order valence-corrected chi connectivity index (χ1v) is 6.13. The lowest BCUT2D eigenvalue weighted by Gasteiger charge is -2.26. The van der Waals surface area contributed by atoms with Gasteiger partial charge in [-0.3, -0.25) is 0 Å². The van der Waals surface area contributed by atoms with E-state index in [1.165, 1.54) is 12.2 Å². The lowest BCUT2D eigenvalue weighted by Crippen LogP contribution is -2.34. The molecular formula is C9H10ClN3S. The number of aromatic nitrogens is 2. The average Bonchev–Trinajstić information content (AvgIpc) is 2.80. The van der Waals surface area contributed by atoms with Crippen LogP contribution >= 0.6 is 23.4 Å². The van der Waals surface area contributed by atoms with Crippen molar-refractivity contribution in [2.75, 3.05) is 17.2 Å². The molecule has 2 unspecified atom stereocenters. The van der Waals surface area contributed by atoms with Crippen molar-refractivity contribution in [3.8, 4) is 0 Å². The fourth-order valence-corrected chi connectivity index (χ4v) is 3.68. The van der Waals surface area contributed by atoms with Crippen molar-refractivity contribution < 1.29 is 0 Å². The Hall–Kier alpha value is -0.480. The minimum Gasteiger partial charge on any atom is -0.350 e. The number of nitrogens with zero attached hydrogens (tertiary/aromatic N) is 3. The Morgan fingerprint density at radius 3 is 2.93 bits per heavy atom. The topological polar surface area (TPSA) is 29.0 Å². The van der Waals surface area contributed by atoms with Crippen LogP contribution in [0.4, 0.5) is 5.82 Å². The van der Waals surface area contributed by atoms with E-state index >= 15 is 0 Å². The van der Waals surface area contributed by atoms with Crippen LogP contribution in [0, 0.1) is 0 Å². The minimum atomic E-state index is 0.465. The van der Waals surface area contributed by atoms with E-state index in [2.05, 4.69) is 26.9 Å². The van der Waals surface area contributed by atoms with Crippen molar-refractivity contribution >= 4 is 29.2 Å². The van der Waals surface area contributed by atoms with Crippen molar-refractivity contribution in [2.24, 2.45) is 0 Å². The van der Waals surface area contributed by atoms with Gasteiger partial charge in [-0.05, 0) is 18.6 Å². The van der Waals surface area contributed by atoms with Crippen LogP contribution in [0.25, 0.3) is 0 Å². The fraction of sp³-hybridized carbons (Fsp3) is 0.556. The number of anilines is 1. The third-order valence-corrected chi connectivity index (χ3v) is 4.40. The molecule has 3 nitrogen and oxygen atoms in total. The van der Waals surface area contributed by atoms with Crippen LogP contribution in [0.2, 0.25) is 5.15 Å². The molecule has 0 amide bonds. The van der Waals surface area contributed by atoms with Crippen LogP contribution in [-0.2, 0) is 0 Å². The van der Waals surface area contributed by atoms with Crippen LogP contribution in [0.1, 0.15) is 6.42 Å². The highest BCUT2D eigenvalue weighted by molar-refractivity contribution is 8.00. The Bertz CT molecular complexity index is 342. The SMILES string of the molecule is Clc1ccc(N2CC3CC2CS3)nn1. The number of rotatable bonds is 1. The van der Waals surface area contributed by atoms with Crippen molar-refractivity contribution in [1.82, 2.24) is 10.2 Å². The Labute approximate surface area is 91.8 Å². The molecule has 3 heterocycles. The molecule has 0 radical (unpaired) electrons.